The summed E-state index contributed by atoms with van der Waals surface area (Å²) in [4.78, 5) is 4.21. The van der Waals surface area contributed by atoms with E-state index in [0.29, 0.717) is 16.7 Å². The van der Waals surface area contributed by atoms with Crippen LogP contribution in [0.3, 0.4) is 0 Å². The number of hydrogen-bond acceptors (Lipinski definition) is 4. The van der Waals surface area contributed by atoms with Gasteiger partial charge in [-0.1, -0.05) is 40.2 Å². The van der Waals surface area contributed by atoms with E-state index in [0.717, 1.165) is 39.9 Å². The summed E-state index contributed by atoms with van der Waals surface area (Å²) in [6.45, 7) is 1.92. The maximum atomic E-state index is 13.1. The molecule has 1 N–H and O–H groups in total. The smallest absolute Gasteiger partial charge is 0.338 e. The van der Waals surface area contributed by atoms with Gasteiger partial charge in [0.25, 0.3) is 0 Å². The van der Waals surface area contributed by atoms with Crippen LogP contribution < -0.4 is 5.32 Å². The molecule has 0 aliphatic carbocycles. The van der Waals surface area contributed by atoms with Crippen LogP contribution in [-0.4, -0.2) is 15.2 Å². The summed E-state index contributed by atoms with van der Waals surface area (Å²) in [5, 5.41) is 13.3. The van der Waals surface area contributed by atoms with Gasteiger partial charge >= 0.3 is 6.18 Å². The highest BCUT2D eigenvalue weighted by Gasteiger charge is 2.31. The molecule has 152 valence electrons. The Balaban J connectivity index is 1.73. The third-order valence-corrected chi connectivity index (χ3v) is 5.04. The zero-order chi connectivity index (χ0) is 21.3. The summed E-state index contributed by atoms with van der Waals surface area (Å²) in [6, 6.07) is 15.1. The highest BCUT2D eigenvalue weighted by molar-refractivity contribution is 9.10. The predicted molar refractivity (Wildman–Crippen MR) is 114 cm³/mol. The molecule has 4 aromatic rings. The number of nitrogens with one attached hydrogen (secondary N) is 1. The lowest BCUT2D eigenvalue weighted by Crippen LogP contribution is -2.06. The van der Waals surface area contributed by atoms with Gasteiger partial charge in [-0.2, -0.15) is 18.3 Å². The van der Waals surface area contributed by atoms with E-state index in [-0.39, 0.29) is 5.69 Å². The van der Waals surface area contributed by atoms with E-state index in [2.05, 4.69) is 36.4 Å². The average Bonchev–Trinajstić information content (AvgIpc) is 2.69. The second-order valence-electron chi connectivity index (χ2n) is 6.87. The number of pyridine rings is 1. The van der Waals surface area contributed by atoms with Crippen molar-refractivity contribution in [2.45, 2.75) is 19.5 Å². The number of hydrogen-bond donors (Lipinski definition) is 1. The SMILES string of the molecule is Cc1cc(Cc2nnc(Nc3cc(Br)cc(C(F)(F)F)c3)c3ccccc23)ccn1. The Morgan fingerprint density at radius 2 is 1.73 bits per heavy atom. The molecule has 0 bridgehead atoms. The Morgan fingerprint density at radius 1 is 0.967 bits per heavy atom. The molecule has 4 nitrogen and oxygen atoms in total. The van der Waals surface area contributed by atoms with Crippen LogP contribution in [0.25, 0.3) is 10.8 Å². The average molecular weight is 473 g/mol. The van der Waals surface area contributed by atoms with Crippen LogP contribution in [0.15, 0.2) is 65.3 Å². The molecule has 0 radical (unpaired) electrons. The Hall–Kier alpha value is -3.00. The van der Waals surface area contributed by atoms with Crippen molar-refractivity contribution in [1.29, 1.82) is 0 Å². The highest BCUT2D eigenvalue weighted by Crippen LogP contribution is 2.35. The lowest BCUT2D eigenvalue weighted by molar-refractivity contribution is -0.137. The Labute approximate surface area is 179 Å². The van der Waals surface area contributed by atoms with Gasteiger partial charge in [0.15, 0.2) is 5.82 Å². The molecule has 0 aliphatic heterocycles. The molecule has 0 amide bonds. The quantitative estimate of drug-likeness (QED) is 0.370. The number of anilines is 2. The molecule has 0 aliphatic rings. The highest BCUT2D eigenvalue weighted by atomic mass is 79.9. The summed E-state index contributed by atoms with van der Waals surface area (Å²) < 4.78 is 39.8. The Kier molecular flexibility index (Phi) is 5.42. The topological polar surface area (TPSA) is 50.7 Å². The van der Waals surface area contributed by atoms with E-state index in [1.165, 1.54) is 0 Å². The summed E-state index contributed by atoms with van der Waals surface area (Å²) in [5.74, 6) is 0.395. The van der Waals surface area contributed by atoms with Gasteiger partial charge in [0.2, 0.25) is 0 Å². The number of aryl methyl sites for hydroxylation is 1. The van der Waals surface area contributed by atoms with E-state index < -0.39 is 11.7 Å². The monoisotopic (exact) mass is 472 g/mol. The Morgan fingerprint density at radius 3 is 2.47 bits per heavy atom. The molecule has 8 heteroatoms. The van der Waals surface area contributed by atoms with Crippen molar-refractivity contribution in [3.8, 4) is 0 Å². The Bertz CT molecular complexity index is 1220. The molecule has 4 rings (SSSR count). The number of aromatic nitrogens is 3. The molecule has 0 saturated heterocycles. The number of halogens is 4. The molecule has 0 unspecified atom stereocenters. The van der Waals surface area contributed by atoms with Crippen LogP contribution in [0.1, 0.15) is 22.5 Å². The first-order chi connectivity index (χ1) is 14.3. The van der Waals surface area contributed by atoms with Crippen LogP contribution in [0.5, 0.6) is 0 Å². The molecule has 2 aromatic heterocycles. The van der Waals surface area contributed by atoms with Gasteiger partial charge in [-0.25, -0.2) is 0 Å². The molecular formula is C22H16BrF3N4. The molecule has 0 saturated carbocycles. The van der Waals surface area contributed by atoms with E-state index in [1.807, 2.05) is 43.3 Å². The summed E-state index contributed by atoms with van der Waals surface area (Å²) >= 11 is 3.14. The van der Waals surface area contributed by atoms with E-state index in [9.17, 15) is 13.2 Å². The fourth-order valence-electron chi connectivity index (χ4n) is 3.25. The van der Waals surface area contributed by atoms with Gasteiger partial charge in [-0.15, -0.1) is 5.10 Å². The largest absolute Gasteiger partial charge is 0.416 e. The second kappa shape index (κ2) is 8.02. The van der Waals surface area contributed by atoms with Crippen molar-refractivity contribution in [3.05, 3.63) is 87.8 Å². The number of nitrogens with zero attached hydrogens (tertiary/aromatic N) is 3. The van der Waals surface area contributed by atoms with Crippen molar-refractivity contribution in [2.24, 2.45) is 0 Å². The van der Waals surface area contributed by atoms with E-state index in [1.54, 1.807) is 12.3 Å². The first-order valence-corrected chi connectivity index (χ1v) is 9.89. The standard InChI is InChI=1S/C22H16BrF3N4/c1-13-8-14(6-7-27-13)9-20-18-4-2-3-5-19(18)21(30-29-20)28-17-11-15(22(24,25)26)10-16(23)12-17/h2-8,10-12H,9H2,1H3,(H,28,30). The summed E-state index contributed by atoms with van der Waals surface area (Å²) in [7, 11) is 0. The van der Waals surface area contributed by atoms with Crippen LogP contribution in [0, 0.1) is 6.92 Å². The van der Waals surface area contributed by atoms with Crippen molar-refractivity contribution in [1.82, 2.24) is 15.2 Å². The molecule has 2 heterocycles. The van der Waals surface area contributed by atoms with E-state index in [4.69, 9.17) is 0 Å². The number of benzene rings is 2. The first kappa shape index (κ1) is 20.3. The minimum absolute atomic E-state index is 0.272. The predicted octanol–water partition coefficient (Wildman–Crippen LogP) is 6.45. The molecule has 0 atom stereocenters. The minimum atomic E-state index is -4.44. The number of alkyl halides is 3. The zero-order valence-corrected chi connectivity index (χ0v) is 17.4. The normalized spacial score (nSPS) is 11.6. The van der Waals surface area contributed by atoms with Crippen molar-refractivity contribution in [2.75, 3.05) is 5.32 Å². The molecule has 2 aromatic carbocycles. The van der Waals surface area contributed by atoms with Crippen molar-refractivity contribution < 1.29 is 13.2 Å². The van der Waals surface area contributed by atoms with Crippen molar-refractivity contribution in [3.63, 3.8) is 0 Å². The summed E-state index contributed by atoms with van der Waals surface area (Å²) in [5.41, 5.74) is 2.28. The minimum Gasteiger partial charge on any atom is -0.338 e. The van der Waals surface area contributed by atoms with Gasteiger partial charge < -0.3 is 5.32 Å². The fraction of sp³-hybridized carbons (Fsp3) is 0.136. The number of rotatable bonds is 4. The van der Waals surface area contributed by atoms with Crippen LogP contribution in [0.2, 0.25) is 0 Å². The zero-order valence-electron chi connectivity index (χ0n) is 15.8. The van der Waals surface area contributed by atoms with Crippen LogP contribution in [-0.2, 0) is 12.6 Å². The van der Waals surface area contributed by atoms with Crippen molar-refractivity contribution >= 4 is 38.2 Å². The van der Waals surface area contributed by atoms with Crippen LogP contribution >= 0.6 is 15.9 Å². The van der Waals surface area contributed by atoms with Crippen LogP contribution in [0.4, 0.5) is 24.7 Å². The maximum Gasteiger partial charge on any atom is 0.416 e. The summed E-state index contributed by atoms with van der Waals surface area (Å²) in [6.07, 6.45) is -2.12. The lowest BCUT2D eigenvalue weighted by Gasteiger charge is -2.13. The molecule has 30 heavy (non-hydrogen) atoms. The van der Waals surface area contributed by atoms with E-state index >= 15 is 0 Å². The molecule has 0 spiro atoms. The molecule has 0 fully saturated rings. The maximum absolute atomic E-state index is 13.1. The third-order valence-electron chi connectivity index (χ3n) is 4.58. The number of fused-ring (bicyclic) bond motifs is 1. The third kappa shape index (κ3) is 4.43. The first-order valence-electron chi connectivity index (χ1n) is 9.10. The van der Waals surface area contributed by atoms with Gasteiger partial charge in [0.05, 0.1) is 11.3 Å². The van der Waals surface area contributed by atoms with Gasteiger partial charge in [-0.3, -0.25) is 4.98 Å². The lowest BCUT2D eigenvalue weighted by atomic mass is 10.0. The van der Waals surface area contributed by atoms with Gasteiger partial charge in [-0.05, 0) is 42.8 Å². The molecular weight excluding hydrogens is 457 g/mol. The fourth-order valence-corrected chi connectivity index (χ4v) is 3.75. The van der Waals surface area contributed by atoms with Gasteiger partial charge in [0, 0.05) is 39.2 Å². The second-order valence-corrected chi connectivity index (χ2v) is 7.79. The van der Waals surface area contributed by atoms with Gasteiger partial charge in [0.1, 0.15) is 0 Å².